The van der Waals surface area contributed by atoms with E-state index in [0.717, 1.165) is 44.6 Å². The number of unbranched alkanes of at least 4 members (excludes halogenated alkanes) is 10. The third-order valence-electron chi connectivity index (χ3n) is 5.43. The minimum absolute atomic E-state index is 0.0787. The summed E-state index contributed by atoms with van der Waals surface area (Å²) in [5.74, 6) is -7.66. The van der Waals surface area contributed by atoms with Crippen LogP contribution < -0.4 is 27.4 Å². The average Bonchev–Trinajstić information content (AvgIpc) is 2.96. The van der Waals surface area contributed by atoms with Crippen molar-refractivity contribution in [3.05, 3.63) is 12.2 Å². The summed E-state index contributed by atoms with van der Waals surface area (Å²) in [5, 5.41) is 38.0. The predicted octanol–water partition coefficient (Wildman–Crippen LogP) is 5.12. The molecule has 0 aliphatic carbocycles. The lowest BCUT2D eigenvalue weighted by Crippen LogP contribution is -2.32. The number of carboxylic acids is 3. The molecule has 296 valence electrons. The Labute approximate surface area is 284 Å². The minimum atomic E-state index is -5.08. The van der Waals surface area contributed by atoms with Gasteiger partial charge in [0.25, 0.3) is 0 Å². The van der Waals surface area contributed by atoms with Gasteiger partial charge in [0.15, 0.2) is 11.9 Å². The van der Waals surface area contributed by atoms with Gasteiger partial charge < -0.3 is 42.7 Å². The van der Waals surface area contributed by atoms with Crippen LogP contribution in [0.2, 0.25) is 0 Å². The highest BCUT2D eigenvalue weighted by molar-refractivity contribution is 5.78. The van der Waals surface area contributed by atoms with Crippen LogP contribution in [0, 0.1) is 5.41 Å². The molecule has 0 spiro atoms. The average molecular weight is 752 g/mol. The maximum absolute atomic E-state index is 10.6. The smallest absolute Gasteiger partial charge is 0.475 e. The zero-order valence-electron chi connectivity index (χ0n) is 27.8. The molecule has 0 heterocycles. The van der Waals surface area contributed by atoms with Crippen molar-refractivity contribution in [3.8, 4) is 0 Å². The molecular weight excluding hydrogens is 701 g/mol. The SMILES string of the molecule is C=C(C)CN=C(N)NCCCCCCCCNCCCCCCCCNC(=N)N.O=C(O)C(F)(F)F.O=C(O)C(F)(F)F.O=C(O)C(F)(F)F. The van der Waals surface area contributed by atoms with E-state index in [4.69, 9.17) is 46.6 Å². The van der Waals surface area contributed by atoms with E-state index in [1.54, 1.807) is 0 Å². The van der Waals surface area contributed by atoms with Crippen molar-refractivity contribution in [2.45, 2.75) is 103 Å². The Balaban J connectivity index is -0.000000403. The first-order valence-corrected chi connectivity index (χ1v) is 15.2. The number of aliphatic carboxylic acids is 3. The molecule has 0 radical (unpaired) electrons. The van der Waals surface area contributed by atoms with Gasteiger partial charge in [-0.3, -0.25) is 5.41 Å². The molecule has 0 saturated heterocycles. The monoisotopic (exact) mass is 751 g/mol. The second-order valence-corrected chi connectivity index (χ2v) is 10.3. The number of hydrogen-bond donors (Lipinski definition) is 9. The zero-order chi connectivity index (χ0) is 39.8. The van der Waals surface area contributed by atoms with Crippen molar-refractivity contribution in [1.29, 1.82) is 5.41 Å². The first kappa shape index (κ1) is 52.8. The van der Waals surface area contributed by atoms with Gasteiger partial charge in [0.2, 0.25) is 0 Å². The quantitative estimate of drug-likeness (QED) is 0.0260. The minimum Gasteiger partial charge on any atom is -0.475 e. The van der Waals surface area contributed by atoms with Crippen molar-refractivity contribution >= 4 is 29.8 Å². The van der Waals surface area contributed by atoms with Gasteiger partial charge in [-0.05, 0) is 45.7 Å². The van der Waals surface area contributed by atoms with Gasteiger partial charge >= 0.3 is 36.4 Å². The van der Waals surface area contributed by atoms with E-state index in [2.05, 4.69) is 27.5 Å². The fourth-order valence-corrected chi connectivity index (χ4v) is 3.00. The lowest BCUT2D eigenvalue weighted by Gasteiger charge is -2.07. The normalized spacial score (nSPS) is 11.4. The fourth-order valence-electron chi connectivity index (χ4n) is 3.00. The summed E-state index contributed by atoms with van der Waals surface area (Å²) in [6.07, 6.45) is -0.142. The van der Waals surface area contributed by atoms with Crippen molar-refractivity contribution in [2.24, 2.45) is 16.5 Å². The third-order valence-corrected chi connectivity index (χ3v) is 5.43. The number of guanidine groups is 2. The zero-order valence-corrected chi connectivity index (χ0v) is 27.8. The largest absolute Gasteiger partial charge is 0.490 e. The van der Waals surface area contributed by atoms with Gasteiger partial charge in [-0.25, -0.2) is 19.4 Å². The molecule has 0 aromatic rings. The number of nitrogens with zero attached hydrogens (tertiary/aromatic N) is 1. The number of carboxylic acid groups (broad SMARTS) is 3. The van der Waals surface area contributed by atoms with E-state index >= 15 is 0 Å². The number of halogens is 9. The Kier molecular flexibility index (Phi) is 32.8. The summed E-state index contributed by atoms with van der Waals surface area (Å²) in [6.45, 7) is 10.4. The molecule has 0 saturated carbocycles. The summed E-state index contributed by atoms with van der Waals surface area (Å²) in [6, 6.07) is 0. The Morgan fingerprint density at radius 3 is 1.12 bits per heavy atom. The molecule has 0 atom stereocenters. The Morgan fingerprint density at radius 2 is 0.860 bits per heavy atom. The summed E-state index contributed by atoms with van der Waals surface area (Å²) in [7, 11) is 0. The lowest BCUT2D eigenvalue weighted by molar-refractivity contribution is -0.193. The number of hydrogen-bond acceptors (Lipinski definition) is 6. The number of rotatable bonds is 20. The van der Waals surface area contributed by atoms with Gasteiger partial charge in [-0.2, -0.15) is 39.5 Å². The number of alkyl halides is 9. The van der Waals surface area contributed by atoms with Crippen LogP contribution in [0.25, 0.3) is 0 Å². The highest BCUT2D eigenvalue weighted by Crippen LogP contribution is 2.14. The molecular formula is C28H50F9N7O6. The Morgan fingerprint density at radius 1 is 0.600 bits per heavy atom. The van der Waals surface area contributed by atoms with Crippen molar-refractivity contribution in [1.82, 2.24) is 16.0 Å². The summed E-state index contributed by atoms with van der Waals surface area (Å²) >= 11 is 0. The van der Waals surface area contributed by atoms with E-state index < -0.39 is 36.4 Å². The molecule has 0 bridgehead atoms. The number of aliphatic imine (C=N–C) groups is 1. The summed E-state index contributed by atoms with van der Waals surface area (Å²) in [4.78, 5) is 30.9. The third kappa shape index (κ3) is 48.4. The molecule has 0 fully saturated rings. The van der Waals surface area contributed by atoms with Crippen LogP contribution >= 0.6 is 0 Å². The maximum Gasteiger partial charge on any atom is 0.490 e. The van der Waals surface area contributed by atoms with E-state index in [-0.39, 0.29) is 5.96 Å². The predicted molar refractivity (Wildman–Crippen MR) is 169 cm³/mol. The molecule has 22 heteroatoms. The molecule has 50 heavy (non-hydrogen) atoms. The Hall–Kier alpha value is -3.98. The molecule has 0 rings (SSSR count). The summed E-state index contributed by atoms with van der Waals surface area (Å²) < 4.78 is 95.2. The van der Waals surface area contributed by atoms with Crippen molar-refractivity contribution < 1.29 is 69.2 Å². The highest BCUT2D eigenvalue weighted by atomic mass is 19.4. The lowest BCUT2D eigenvalue weighted by atomic mass is 10.1. The van der Waals surface area contributed by atoms with Crippen LogP contribution in [0.4, 0.5) is 39.5 Å². The van der Waals surface area contributed by atoms with E-state index in [9.17, 15) is 39.5 Å². The molecule has 11 N–H and O–H groups in total. The molecule has 13 nitrogen and oxygen atoms in total. The number of carbonyl (C=O) groups is 3. The van der Waals surface area contributed by atoms with Gasteiger partial charge in [0.1, 0.15) is 0 Å². The first-order valence-electron chi connectivity index (χ1n) is 15.2. The molecule has 0 unspecified atom stereocenters. The van der Waals surface area contributed by atoms with Gasteiger partial charge in [-0.1, -0.05) is 63.5 Å². The van der Waals surface area contributed by atoms with Crippen LogP contribution in [0.1, 0.15) is 84.0 Å². The van der Waals surface area contributed by atoms with Crippen LogP contribution in [0.15, 0.2) is 17.1 Å². The molecule has 0 amide bonds. The van der Waals surface area contributed by atoms with E-state index in [1.165, 1.54) is 64.2 Å². The second kappa shape index (κ2) is 31.0. The second-order valence-electron chi connectivity index (χ2n) is 10.3. The fraction of sp³-hybridized carbons (Fsp3) is 0.750. The molecule has 0 aliphatic heterocycles. The summed E-state index contributed by atoms with van der Waals surface area (Å²) in [5.41, 5.74) is 12.0. The van der Waals surface area contributed by atoms with E-state index in [0.29, 0.717) is 12.5 Å². The van der Waals surface area contributed by atoms with Gasteiger partial charge in [0, 0.05) is 13.1 Å². The number of nitrogens with two attached hydrogens (primary N) is 2. The molecule has 0 aromatic heterocycles. The van der Waals surface area contributed by atoms with Crippen LogP contribution in [-0.2, 0) is 14.4 Å². The standard InChI is InChI=1S/C22H47N7.3C2HF3O2/c1-20(2)19-29-22(25)28-18-14-10-6-4-8-12-16-26-15-11-7-3-5-9-13-17-27-21(23)24;3*3-2(4,5)1(6)7/h26H,1,3-19H2,2H3,(H4,23,24,27)(H3,25,28,29);3*(H,6,7). The van der Waals surface area contributed by atoms with Crippen LogP contribution in [0.3, 0.4) is 0 Å². The van der Waals surface area contributed by atoms with Gasteiger partial charge in [-0.15, -0.1) is 0 Å². The highest BCUT2D eigenvalue weighted by Gasteiger charge is 2.39. The van der Waals surface area contributed by atoms with E-state index in [1.807, 2.05) is 6.92 Å². The Bertz CT molecular complexity index is 922. The van der Waals surface area contributed by atoms with Crippen molar-refractivity contribution in [2.75, 3.05) is 32.7 Å². The van der Waals surface area contributed by atoms with Crippen molar-refractivity contribution in [3.63, 3.8) is 0 Å². The number of nitrogens with one attached hydrogen (secondary N) is 4. The molecule has 0 aromatic carbocycles. The maximum atomic E-state index is 10.6. The van der Waals surface area contributed by atoms with Crippen LogP contribution in [-0.4, -0.2) is 96.4 Å². The van der Waals surface area contributed by atoms with Crippen LogP contribution in [0.5, 0.6) is 0 Å². The van der Waals surface area contributed by atoms with Gasteiger partial charge in [0.05, 0.1) is 6.54 Å². The topological polar surface area (TPSA) is 236 Å². The molecule has 0 aliphatic rings. The first-order chi connectivity index (χ1) is 22.8.